The van der Waals surface area contributed by atoms with Crippen molar-refractivity contribution in [3.63, 3.8) is 0 Å². The Balaban J connectivity index is 2.62. The van der Waals surface area contributed by atoms with Crippen LogP contribution in [0.25, 0.3) is 0 Å². The van der Waals surface area contributed by atoms with Gasteiger partial charge in [-0.05, 0) is 18.4 Å². The molecule has 1 rings (SSSR count). The van der Waals surface area contributed by atoms with E-state index in [9.17, 15) is 8.42 Å². The highest BCUT2D eigenvalue weighted by molar-refractivity contribution is 7.89. The molecule has 0 aliphatic rings. The molecule has 1 aromatic carbocycles. The van der Waals surface area contributed by atoms with Gasteiger partial charge in [0, 0.05) is 6.54 Å². The number of sulfonamides is 1. The number of nitrogens with one attached hydrogen (secondary N) is 1. The van der Waals surface area contributed by atoms with Crippen LogP contribution in [0.5, 0.6) is 0 Å². The Hall–Kier alpha value is -1.13. The van der Waals surface area contributed by atoms with Gasteiger partial charge in [-0.1, -0.05) is 49.4 Å². The lowest BCUT2D eigenvalue weighted by Gasteiger charge is -2.13. The second kappa shape index (κ2) is 5.98. The van der Waals surface area contributed by atoms with Crippen molar-refractivity contribution in [2.24, 2.45) is 0 Å². The van der Waals surface area contributed by atoms with Crippen molar-refractivity contribution >= 4 is 10.0 Å². The number of hydrogen-bond donors (Lipinski definition) is 1. The lowest BCUT2D eigenvalue weighted by atomic mass is 10.0. The minimum Gasteiger partial charge on any atom is -0.212 e. The van der Waals surface area contributed by atoms with Crippen LogP contribution in [-0.2, 0) is 10.0 Å². The van der Waals surface area contributed by atoms with Crippen LogP contribution in [-0.4, -0.2) is 20.7 Å². The van der Waals surface area contributed by atoms with Crippen molar-refractivity contribution in [2.45, 2.75) is 19.8 Å². The van der Waals surface area contributed by atoms with E-state index in [1.165, 1.54) is 0 Å². The van der Waals surface area contributed by atoms with Gasteiger partial charge in [-0.3, -0.25) is 0 Å². The van der Waals surface area contributed by atoms with Crippen LogP contribution in [0.4, 0.5) is 0 Å². The van der Waals surface area contributed by atoms with Gasteiger partial charge in [0.2, 0.25) is 10.0 Å². The average Bonchev–Trinajstić information content (AvgIpc) is 2.27. The molecule has 3 nitrogen and oxygen atoms in total. The summed E-state index contributed by atoms with van der Waals surface area (Å²) in [4.78, 5) is 0. The molecule has 0 aromatic heterocycles. The molecule has 4 heteroatoms. The third kappa shape index (κ3) is 5.15. The van der Waals surface area contributed by atoms with E-state index in [2.05, 4.69) is 11.3 Å². The monoisotopic (exact) mass is 253 g/mol. The molecule has 0 aliphatic heterocycles. The summed E-state index contributed by atoms with van der Waals surface area (Å²) in [7, 11) is -3.23. The van der Waals surface area contributed by atoms with Gasteiger partial charge >= 0.3 is 0 Å². The first kappa shape index (κ1) is 13.9. The summed E-state index contributed by atoms with van der Waals surface area (Å²) in [6.45, 7) is 7.68. The Morgan fingerprint density at radius 1 is 1.35 bits per heavy atom. The van der Waals surface area contributed by atoms with Gasteiger partial charge < -0.3 is 0 Å². The summed E-state index contributed by atoms with van der Waals surface area (Å²) in [5.41, 5.74) is 1.84. The van der Waals surface area contributed by atoms with Gasteiger partial charge in [-0.15, -0.1) is 0 Å². The Morgan fingerprint density at radius 3 is 2.47 bits per heavy atom. The SMILES string of the molecule is C=C(C)CNS(=O)(=O)CC(C)c1ccccc1. The molecule has 1 atom stereocenters. The zero-order chi connectivity index (χ0) is 12.9. The molecule has 0 aliphatic carbocycles. The first-order valence-electron chi connectivity index (χ1n) is 5.57. The molecule has 0 saturated heterocycles. The molecular weight excluding hydrogens is 234 g/mol. The Kier molecular flexibility index (Phi) is 4.90. The van der Waals surface area contributed by atoms with Gasteiger partial charge in [-0.2, -0.15) is 0 Å². The van der Waals surface area contributed by atoms with Gasteiger partial charge in [0.25, 0.3) is 0 Å². The van der Waals surface area contributed by atoms with Crippen LogP contribution in [0.1, 0.15) is 25.3 Å². The molecule has 1 aromatic rings. The predicted molar refractivity (Wildman–Crippen MR) is 71.5 cm³/mol. The molecule has 0 radical (unpaired) electrons. The molecule has 0 bridgehead atoms. The van der Waals surface area contributed by atoms with E-state index >= 15 is 0 Å². The van der Waals surface area contributed by atoms with E-state index in [0.717, 1.165) is 11.1 Å². The summed E-state index contributed by atoms with van der Waals surface area (Å²) < 4.78 is 26.1. The summed E-state index contributed by atoms with van der Waals surface area (Å²) >= 11 is 0. The fourth-order valence-corrected chi connectivity index (χ4v) is 2.93. The second-order valence-electron chi connectivity index (χ2n) is 4.37. The minimum atomic E-state index is -3.23. The summed E-state index contributed by atoms with van der Waals surface area (Å²) in [6, 6.07) is 9.64. The largest absolute Gasteiger partial charge is 0.212 e. The fourth-order valence-electron chi connectivity index (χ4n) is 1.50. The lowest BCUT2D eigenvalue weighted by molar-refractivity contribution is 0.579. The van der Waals surface area contributed by atoms with Gasteiger partial charge in [0.1, 0.15) is 0 Å². The standard InChI is InChI=1S/C13H19NO2S/c1-11(2)9-14-17(15,16)10-12(3)13-7-5-4-6-8-13/h4-8,12,14H,1,9-10H2,2-3H3. The fraction of sp³-hybridized carbons (Fsp3) is 0.385. The zero-order valence-corrected chi connectivity index (χ0v) is 11.1. The van der Waals surface area contributed by atoms with Crippen LogP contribution in [0.3, 0.4) is 0 Å². The smallest absolute Gasteiger partial charge is 0.212 e. The number of benzene rings is 1. The Labute approximate surface area is 104 Å². The van der Waals surface area contributed by atoms with Crippen LogP contribution in [0.2, 0.25) is 0 Å². The number of hydrogen-bond acceptors (Lipinski definition) is 2. The minimum absolute atomic E-state index is 0.0150. The molecule has 0 heterocycles. The van der Waals surface area contributed by atoms with E-state index in [0.29, 0.717) is 6.54 Å². The Morgan fingerprint density at radius 2 is 1.94 bits per heavy atom. The second-order valence-corrected chi connectivity index (χ2v) is 6.22. The van der Waals surface area contributed by atoms with Crippen molar-refractivity contribution in [1.82, 2.24) is 4.72 Å². The first-order valence-corrected chi connectivity index (χ1v) is 7.22. The van der Waals surface area contributed by atoms with E-state index in [-0.39, 0.29) is 11.7 Å². The van der Waals surface area contributed by atoms with Crippen LogP contribution in [0.15, 0.2) is 42.5 Å². The maximum Gasteiger partial charge on any atom is 0.212 e. The molecule has 0 fully saturated rings. The van der Waals surface area contributed by atoms with Crippen LogP contribution >= 0.6 is 0 Å². The van der Waals surface area contributed by atoms with Crippen LogP contribution in [0, 0.1) is 0 Å². The molecule has 94 valence electrons. The van der Waals surface area contributed by atoms with E-state index in [1.807, 2.05) is 37.3 Å². The normalized spacial score (nSPS) is 13.3. The molecule has 0 saturated carbocycles. The molecular formula is C13H19NO2S. The maximum absolute atomic E-state index is 11.8. The van der Waals surface area contributed by atoms with Crippen LogP contribution < -0.4 is 4.72 Å². The molecule has 17 heavy (non-hydrogen) atoms. The lowest BCUT2D eigenvalue weighted by Crippen LogP contribution is -2.29. The van der Waals surface area contributed by atoms with Crippen molar-refractivity contribution in [3.8, 4) is 0 Å². The van der Waals surface area contributed by atoms with E-state index in [1.54, 1.807) is 6.92 Å². The van der Waals surface area contributed by atoms with Gasteiger partial charge in [0.05, 0.1) is 5.75 Å². The quantitative estimate of drug-likeness (QED) is 0.791. The topological polar surface area (TPSA) is 46.2 Å². The molecule has 0 amide bonds. The average molecular weight is 253 g/mol. The molecule has 0 spiro atoms. The summed E-state index contributed by atoms with van der Waals surface area (Å²) in [5, 5.41) is 0. The highest BCUT2D eigenvalue weighted by Crippen LogP contribution is 2.16. The zero-order valence-electron chi connectivity index (χ0n) is 10.3. The third-order valence-corrected chi connectivity index (χ3v) is 3.95. The van der Waals surface area contributed by atoms with E-state index < -0.39 is 10.0 Å². The molecule has 1 N–H and O–H groups in total. The van der Waals surface area contributed by atoms with Gasteiger partial charge in [0.15, 0.2) is 0 Å². The van der Waals surface area contributed by atoms with Crippen molar-refractivity contribution in [1.29, 1.82) is 0 Å². The van der Waals surface area contributed by atoms with Crippen molar-refractivity contribution in [3.05, 3.63) is 48.0 Å². The van der Waals surface area contributed by atoms with Crippen molar-refractivity contribution in [2.75, 3.05) is 12.3 Å². The predicted octanol–water partition coefficient (Wildman–Crippen LogP) is 2.29. The highest BCUT2D eigenvalue weighted by atomic mass is 32.2. The summed E-state index contributed by atoms with van der Waals surface area (Å²) in [6.07, 6.45) is 0. The maximum atomic E-state index is 11.8. The Bertz CT molecular complexity index is 465. The summed E-state index contributed by atoms with van der Waals surface area (Å²) in [5.74, 6) is 0.0865. The third-order valence-electron chi connectivity index (χ3n) is 2.43. The first-order chi connectivity index (χ1) is 7.91. The van der Waals surface area contributed by atoms with Crippen molar-refractivity contribution < 1.29 is 8.42 Å². The highest BCUT2D eigenvalue weighted by Gasteiger charge is 2.16. The number of rotatable bonds is 6. The van der Waals surface area contributed by atoms with E-state index in [4.69, 9.17) is 0 Å². The molecule has 1 unspecified atom stereocenters. The van der Waals surface area contributed by atoms with Gasteiger partial charge in [-0.25, -0.2) is 13.1 Å².